The number of anilines is 1. The van der Waals surface area contributed by atoms with Crippen molar-refractivity contribution >= 4 is 16.7 Å². The third-order valence-electron chi connectivity index (χ3n) is 4.11. The smallest absolute Gasteiger partial charge is 0.395 e. The van der Waals surface area contributed by atoms with Gasteiger partial charge in [-0.2, -0.15) is 9.36 Å². The molecular weight excluding hydrogens is 390 g/mol. The Bertz CT molecular complexity index is 934. The van der Waals surface area contributed by atoms with E-state index in [1.807, 2.05) is 11.9 Å². The quantitative estimate of drug-likeness (QED) is 0.574. The lowest BCUT2D eigenvalue weighted by molar-refractivity contribution is -0.286. The van der Waals surface area contributed by atoms with Crippen LogP contribution in [0.4, 0.5) is 13.9 Å². The molecule has 1 aromatic carbocycles. The first-order valence-corrected chi connectivity index (χ1v) is 9.40. The van der Waals surface area contributed by atoms with E-state index < -0.39 is 6.29 Å². The lowest BCUT2D eigenvalue weighted by Crippen LogP contribution is -2.26. The monoisotopic (exact) mass is 408 g/mol. The van der Waals surface area contributed by atoms with Crippen molar-refractivity contribution in [1.82, 2.24) is 24.2 Å². The summed E-state index contributed by atoms with van der Waals surface area (Å²) in [7, 11) is 1.97. The summed E-state index contributed by atoms with van der Waals surface area (Å²) in [5, 5.41) is 4.13. The zero-order chi connectivity index (χ0) is 19.6. The molecule has 0 radical (unpaired) electrons. The van der Waals surface area contributed by atoms with E-state index >= 15 is 0 Å². The van der Waals surface area contributed by atoms with Gasteiger partial charge in [-0.25, -0.2) is 4.98 Å². The van der Waals surface area contributed by atoms with Crippen LogP contribution < -0.4 is 19.7 Å². The average Bonchev–Trinajstić information content (AvgIpc) is 3.38. The van der Waals surface area contributed by atoms with Gasteiger partial charge >= 0.3 is 6.29 Å². The van der Waals surface area contributed by atoms with Gasteiger partial charge in [-0.3, -0.25) is 4.57 Å². The summed E-state index contributed by atoms with van der Waals surface area (Å²) in [6.07, 6.45) is 2.45. The van der Waals surface area contributed by atoms with E-state index in [4.69, 9.17) is 0 Å². The van der Waals surface area contributed by atoms with Gasteiger partial charge in [0, 0.05) is 44.1 Å². The van der Waals surface area contributed by atoms with Crippen LogP contribution in [0, 0.1) is 0 Å². The van der Waals surface area contributed by atoms with Crippen LogP contribution in [-0.4, -0.2) is 45.3 Å². The van der Waals surface area contributed by atoms with Gasteiger partial charge in [0.1, 0.15) is 6.33 Å². The number of aromatic nitrogens is 4. The van der Waals surface area contributed by atoms with E-state index in [1.165, 1.54) is 17.6 Å². The van der Waals surface area contributed by atoms with Crippen molar-refractivity contribution < 1.29 is 18.3 Å². The van der Waals surface area contributed by atoms with Crippen LogP contribution >= 0.6 is 11.5 Å². The van der Waals surface area contributed by atoms with Gasteiger partial charge in [0.15, 0.2) is 11.5 Å². The van der Waals surface area contributed by atoms with Crippen molar-refractivity contribution in [3.63, 3.8) is 0 Å². The summed E-state index contributed by atoms with van der Waals surface area (Å²) in [6.45, 7) is 2.12. The van der Waals surface area contributed by atoms with E-state index in [0.717, 1.165) is 30.2 Å². The lowest BCUT2D eigenvalue weighted by atomic mass is 10.2. The molecule has 148 valence electrons. The van der Waals surface area contributed by atoms with Crippen LogP contribution in [-0.2, 0) is 6.54 Å². The number of benzene rings is 1. The number of rotatable bonds is 8. The molecule has 1 N–H and O–H groups in total. The maximum Gasteiger partial charge on any atom is 0.586 e. The molecule has 0 unspecified atom stereocenters. The average molecular weight is 408 g/mol. The number of ether oxygens (including phenoxy) is 2. The molecule has 0 saturated carbocycles. The number of hydrogen-bond acceptors (Lipinski definition) is 8. The number of alkyl halides is 2. The van der Waals surface area contributed by atoms with Crippen molar-refractivity contribution in [3.05, 3.63) is 42.5 Å². The topological polar surface area (TPSA) is 77.3 Å². The van der Waals surface area contributed by atoms with Gasteiger partial charge in [-0.1, -0.05) is 6.07 Å². The number of imidazole rings is 1. The molecule has 0 fully saturated rings. The van der Waals surface area contributed by atoms with Crippen LogP contribution in [0.5, 0.6) is 11.5 Å². The Hall–Kier alpha value is -2.79. The van der Waals surface area contributed by atoms with Gasteiger partial charge in [-0.15, -0.1) is 8.78 Å². The van der Waals surface area contributed by atoms with Crippen molar-refractivity contribution in [2.75, 3.05) is 25.0 Å². The lowest BCUT2D eigenvalue weighted by Gasteiger charge is -2.15. The van der Waals surface area contributed by atoms with Crippen LogP contribution in [0.15, 0.2) is 36.9 Å². The summed E-state index contributed by atoms with van der Waals surface area (Å²) in [6, 6.07) is 4.80. The molecule has 8 nitrogen and oxygen atoms in total. The fourth-order valence-corrected chi connectivity index (χ4v) is 3.37. The molecule has 1 aliphatic rings. The van der Waals surface area contributed by atoms with Crippen LogP contribution in [0.1, 0.15) is 12.0 Å². The molecule has 11 heteroatoms. The fourth-order valence-electron chi connectivity index (χ4n) is 2.72. The van der Waals surface area contributed by atoms with E-state index in [9.17, 15) is 8.78 Å². The van der Waals surface area contributed by atoms with E-state index in [-0.39, 0.29) is 11.5 Å². The van der Waals surface area contributed by atoms with E-state index in [1.54, 1.807) is 35.4 Å². The standard InChI is InChI=1S/C17H18F2N6O2S/c1-24(16-22-15(23-28-16)25-8-6-21-11-25)7-2-5-20-10-12-3-4-13-14(9-12)27-17(18,19)26-13/h3-4,6,8-9,11,20H,2,5,7,10H2,1H3. The second kappa shape index (κ2) is 7.68. The first-order valence-electron chi connectivity index (χ1n) is 8.63. The second-order valence-electron chi connectivity index (χ2n) is 6.25. The number of halogens is 2. The largest absolute Gasteiger partial charge is 0.586 e. The Morgan fingerprint density at radius 3 is 2.96 bits per heavy atom. The third kappa shape index (κ3) is 4.20. The molecule has 0 saturated heterocycles. The highest BCUT2D eigenvalue weighted by Crippen LogP contribution is 2.41. The van der Waals surface area contributed by atoms with Crippen LogP contribution in [0.2, 0.25) is 0 Å². The normalized spacial score (nSPS) is 14.4. The number of nitrogens with one attached hydrogen (secondary N) is 1. The Morgan fingerprint density at radius 2 is 2.14 bits per heavy atom. The van der Waals surface area contributed by atoms with Gasteiger partial charge in [0.2, 0.25) is 11.1 Å². The van der Waals surface area contributed by atoms with Crippen LogP contribution in [0.25, 0.3) is 5.95 Å². The zero-order valence-corrected chi connectivity index (χ0v) is 15.8. The van der Waals surface area contributed by atoms with Gasteiger partial charge < -0.3 is 19.7 Å². The highest BCUT2D eigenvalue weighted by Gasteiger charge is 2.43. The minimum Gasteiger partial charge on any atom is -0.395 e. The maximum atomic E-state index is 13.0. The molecule has 0 amide bonds. The predicted octanol–water partition coefficient (Wildman–Crippen LogP) is 2.66. The van der Waals surface area contributed by atoms with Gasteiger partial charge in [-0.05, 0) is 30.7 Å². The number of fused-ring (bicyclic) bond motifs is 1. The maximum absolute atomic E-state index is 13.0. The second-order valence-corrected chi connectivity index (χ2v) is 6.98. The molecule has 4 rings (SSSR count). The number of hydrogen-bond donors (Lipinski definition) is 1. The summed E-state index contributed by atoms with van der Waals surface area (Å²) < 4.78 is 41.0. The Kier molecular flexibility index (Phi) is 5.09. The third-order valence-corrected chi connectivity index (χ3v) is 4.93. The van der Waals surface area contributed by atoms with Gasteiger partial charge in [0.25, 0.3) is 0 Å². The van der Waals surface area contributed by atoms with Crippen LogP contribution in [0.3, 0.4) is 0 Å². The highest BCUT2D eigenvalue weighted by atomic mass is 32.1. The van der Waals surface area contributed by atoms with Crippen molar-refractivity contribution in [2.45, 2.75) is 19.3 Å². The summed E-state index contributed by atoms with van der Waals surface area (Å²) in [5.41, 5.74) is 0.850. The van der Waals surface area contributed by atoms with Crippen molar-refractivity contribution in [3.8, 4) is 17.4 Å². The molecule has 0 aliphatic carbocycles. The predicted molar refractivity (Wildman–Crippen MR) is 99.3 cm³/mol. The van der Waals surface area contributed by atoms with E-state index in [0.29, 0.717) is 12.5 Å². The number of nitrogens with zero attached hydrogens (tertiary/aromatic N) is 5. The molecule has 0 spiro atoms. The fraction of sp³-hybridized carbons (Fsp3) is 0.353. The van der Waals surface area contributed by atoms with Crippen molar-refractivity contribution in [2.24, 2.45) is 0 Å². The SMILES string of the molecule is CN(CCCNCc1ccc2c(c1)OC(F)(F)O2)c1nc(-n2ccnc2)ns1. The molecular formula is C17H18F2N6O2S. The molecule has 2 aromatic heterocycles. The molecule has 3 heterocycles. The Labute approximate surface area is 163 Å². The minimum absolute atomic E-state index is 0.0579. The molecule has 0 atom stereocenters. The molecule has 1 aliphatic heterocycles. The molecule has 0 bridgehead atoms. The summed E-state index contributed by atoms with van der Waals surface area (Å²) in [5.74, 6) is 0.729. The molecule has 28 heavy (non-hydrogen) atoms. The minimum atomic E-state index is -3.58. The summed E-state index contributed by atoms with van der Waals surface area (Å²) in [4.78, 5) is 10.5. The Balaban J connectivity index is 1.20. The first-order chi connectivity index (χ1) is 13.5. The summed E-state index contributed by atoms with van der Waals surface area (Å²) >= 11 is 1.34. The Morgan fingerprint density at radius 1 is 1.29 bits per heavy atom. The highest BCUT2D eigenvalue weighted by molar-refractivity contribution is 7.09. The van der Waals surface area contributed by atoms with E-state index in [2.05, 4.69) is 29.1 Å². The zero-order valence-electron chi connectivity index (χ0n) is 15.0. The first kappa shape index (κ1) is 18.6. The van der Waals surface area contributed by atoms with Gasteiger partial charge in [0.05, 0.1) is 0 Å². The molecule has 3 aromatic rings. The van der Waals surface area contributed by atoms with Crippen molar-refractivity contribution in [1.29, 1.82) is 0 Å².